The van der Waals surface area contributed by atoms with Crippen LogP contribution in [0.2, 0.25) is 0 Å². The summed E-state index contributed by atoms with van der Waals surface area (Å²) in [7, 11) is 0. The molecular formula is C15H18N2O2. The molecule has 0 bridgehead atoms. The largest absolute Gasteiger partial charge is 0.507 e. The van der Waals surface area contributed by atoms with E-state index in [0.29, 0.717) is 12.2 Å². The molecule has 0 spiro atoms. The second-order valence-electron chi connectivity index (χ2n) is 4.79. The summed E-state index contributed by atoms with van der Waals surface area (Å²) in [6, 6.07) is 3.65. The van der Waals surface area contributed by atoms with Crippen LogP contribution in [0.15, 0.2) is 16.9 Å². The maximum atomic E-state index is 12.0. The van der Waals surface area contributed by atoms with Crippen molar-refractivity contribution in [1.29, 1.82) is 0 Å². The summed E-state index contributed by atoms with van der Waals surface area (Å²) in [5.41, 5.74) is 3.74. The lowest BCUT2D eigenvalue weighted by Crippen LogP contribution is -2.16. The van der Waals surface area contributed by atoms with Crippen molar-refractivity contribution >= 4 is 0 Å². The number of aromatic nitrogens is 2. The summed E-state index contributed by atoms with van der Waals surface area (Å²) >= 11 is 0. The van der Waals surface area contributed by atoms with Crippen LogP contribution in [0, 0.1) is 20.8 Å². The SMILES string of the molecule is CCc1c(C)nc(-c2cc(C)c(O)c(C)c2)[nH]c1=O. The van der Waals surface area contributed by atoms with Crippen LogP contribution in [-0.2, 0) is 6.42 Å². The molecule has 0 amide bonds. The molecule has 19 heavy (non-hydrogen) atoms. The average molecular weight is 258 g/mol. The molecule has 0 unspecified atom stereocenters. The zero-order chi connectivity index (χ0) is 14.2. The van der Waals surface area contributed by atoms with Crippen LogP contribution >= 0.6 is 0 Å². The van der Waals surface area contributed by atoms with Crippen LogP contribution < -0.4 is 5.56 Å². The van der Waals surface area contributed by atoms with Gasteiger partial charge >= 0.3 is 0 Å². The highest BCUT2D eigenvalue weighted by molar-refractivity contribution is 5.61. The monoisotopic (exact) mass is 258 g/mol. The first-order valence-electron chi connectivity index (χ1n) is 6.34. The first kappa shape index (κ1) is 13.3. The van der Waals surface area contributed by atoms with Gasteiger partial charge in [-0.25, -0.2) is 4.98 Å². The summed E-state index contributed by atoms with van der Waals surface area (Å²) in [5, 5.41) is 9.78. The van der Waals surface area contributed by atoms with Crippen LogP contribution in [0.1, 0.15) is 29.3 Å². The summed E-state index contributed by atoms with van der Waals surface area (Å²) < 4.78 is 0. The minimum atomic E-state index is -0.0895. The van der Waals surface area contributed by atoms with Gasteiger partial charge in [-0.15, -0.1) is 0 Å². The lowest BCUT2D eigenvalue weighted by Gasteiger charge is -2.09. The van der Waals surface area contributed by atoms with E-state index in [1.807, 2.05) is 39.8 Å². The first-order chi connectivity index (χ1) is 8.93. The van der Waals surface area contributed by atoms with Crippen molar-refractivity contribution in [3.8, 4) is 17.1 Å². The summed E-state index contributed by atoms with van der Waals surface area (Å²) in [6.45, 7) is 7.44. The second-order valence-corrected chi connectivity index (χ2v) is 4.79. The van der Waals surface area contributed by atoms with Crippen LogP contribution in [0.3, 0.4) is 0 Å². The molecule has 4 heteroatoms. The fourth-order valence-electron chi connectivity index (χ4n) is 2.26. The van der Waals surface area contributed by atoms with Crippen molar-refractivity contribution in [1.82, 2.24) is 9.97 Å². The van der Waals surface area contributed by atoms with Gasteiger partial charge < -0.3 is 10.1 Å². The lowest BCUT2D eigenvalue weighted by atomic mass is 10.0. The van der Waals surface area contributed by atoms with E-state index >= 15 is 0 Å². The minimum absolute atomic E-state index is 0.0895. The molecule has 4 nitrogen and oxygen atoms in total. The molecule has 1 aromatic heterocycles. The number of nitrogens with one attached hydrogen (secondary N) is 1. The Kier molecular flexibility index (Phi) is 3.42. The fourth-order valence-corrected chi connectivity index (χ4v) is 2.26. The van der Waals surface area contributed by atoms with Gasteiger partial charge in [0.1, 0.15) is 11.6 Å². The molecule has 0 atom stereocenters. The molecular weight excluding hydrogens is 240 g/mol. The van der Waals surface area contributed by atoms with Gasteiger partial charge in [-0.1, -0.05) is 6.92 Å². The van der Waals surface area contributed by atoms with Crippen molar-refractivity contribution < 1.29 is 5.11 Å². The summed E-state index contributed by atoms with van der Waals surface area (Å²) in [4.78, 5) is 19.2. The normalized spacial score (nSPS) is 10.7. The lowest BCUT2D eigenvalue weighted by molar-refractivity contribution is 0.467. The number of rotatable bonds is 2. The Hall–Kier alpha value is -2.10. The van der Waals surface area contributed by atoms with E-state index in [0.717, 1.165) is 27.9 Å². The van der Waals surface area contributed by atoms with Gasteiger partial charge in [0.2, 0.25) is 0 Å². The Morgan fingerprint density at radius 3 is 2.26 bits per heavy atom. The molecule has 0 saturated heterocycles. The third-order valence-corrected chi connectivity index (χ3v) is 3.34. The highest BCUT2D eigenvalue weighted by atomic mass is 16.3. The van der Waals surface area contributed by atoms with E-state index < -0.39 is 0 Å². The van der Waals surface area contributed by atoms with Gasteiger partial charge in [-0.3, -0.25) is 4.79 Å². The first-order valence-corrected chi connectivity index (χ1v) is 6.34. The van der Waals surface area contributed by atoms with E-state index in [1.165, 1.54) is 0 Å². The number of hydrogen-bond acceptors (Lipinski definition) is 3. The van der Waals surface area contributed by atoms with Gasteiger partial charge in [0.25, 0.3) is 5.56 Å². The summed E-state index contributed by atoms with van der Waals surface area (Å²) in [5.74, 6) is 0.832. The predicted octanol–water partition coefficient (Wildman–Crippen LogP) is 2.63. The topological polar surface area (TPSA) is 66.0 Å². The Balaban J connectivity index is 2.63. The number of aromatic amines is 1. The molecule has 2 aromatic rings. The quantitative estimate of drug-likeness (QED) is 0.870. The zero-order valence-corrected chi connectivity index (χ0v) is 11.7. The number of aryl methyl sites for hydroxylation is 3. The number of benzene rings is 1. The van der Waals surface area contributed by atoms with Gasteiger partial charge in [-0.05, 0) is 50.5 Å². The molecule has 0 aliphatic rings. The van der Waals surface area contributed by atoms with Crippen molar-refractivity contribution in [2.75, 3.05) is 0 Å². The maximum Gasteiger partial charge on any atom is 0.254 e. The van der Waals surface area contributed by atoms with E-state index in [-0.39, 0.29) is 11.3 Å². The van der Waals surface area contributed by atoms with Crippen LogP contribution in [-0.4, -0.2) is 15.1 Å². The number of phenols is 1. The Morgan fingerprint density at radius 2 is 1.79 bits per heavy atom. The maximum absolute atomic E-state index is 12.0. The molecule has 0 fully saturated rings. The number of nitrogens with zero attached hydrogens (tertiary/aromatic N) is 1. The number of H-pyrrole nitrogens is 1. The smallest absolute Gasteiger partial charge is 0.254 e. The minimum Gasteiger partial charge on any atom is -0.507 e. The van der Waals surface area contributed by atoms with Gasteiger partial charge in [0, 0.05) is 16.8 Å². The number of phenolic OH excluding ortho intramolecular Hbond substituents is 1. The Bertz CT molecular complexity index is 664. The molecule has 100 valence electrons. The second kappa shape index (κ2) is 4.88. The van der Waals surface area contributed by atoms with Crippen LogP contribution in [0.5, 0.6) is 5.75 Å². The van der Waals surface area contributed by atoms with Crippen molar-refractivity contribution in [2.24, 2.45) is 0 Å². The molecule has 0 saturated carbocycles. The highest BCUT2D eigenvalue weighted by Gasteiger charge is 2.10. The molecule has 2 rings (SSSR count). The summed E-state index contributed by atoms with van der Waals surface area (Å²) in [6.07, 6.45) is 0.669. The highest BCUT2D eigenvalue weighted by Crippen LogP contribution is 2.27. The third kappa shape index (κ3) is 2.38. The third-order valence-electron chi connectivity index (χ3n) is 3.34. The molecule has 0 aliphatic carbocycles. The molecule has 1 heterocycles. The average Bonchev–Trinajstić information content (AvgIpc) is 2.35. The van der Waals surface area contributed by atoms with E-state index in [2.05, 4.69) is 9.97 Å². The van der Waals surface area contributed by atoms with E-state index in [4.69, 9.17) is 0 Å². The fraction of sp³-hybridized carbons (Fsp3) is 0.333. The van der Waals surface area contributed by atoms with Crippen LogP contribution in [0.4, 0.5) is 0 Å². The van der Waals surface area contributed by atoms with Crippen molar-refractivity contribution in [3.63, 3.8) is 0 Å². The van der Waals surface area contributed by atoms with Gasteiger partial charge in [0.15, 0.2) is 0 Å². The molecule has 1 aromatic carbocycles. The van der Waals surface area contributed by atoms with Crippen LogP contribution in [0.25, 0.3) is 11.4 Å². The number of aromatic hydroxyl groups is 1. The van der Waals surface area contributed by atoms with Gasteiger partial charge in [-0.2, -0.15) is 0 Å². The van der Waals surface area contributed by atoms with E-state index in [9.17, 15) is 9.90 Å². The molecule has 0 aliphatic heterocycles. The number of hydrogen-bond donors (Lipinski definition) is 2. The molecule has 2 N–H and O–H groups in total. The van der Waals surface area contributed by atoms with Crippen molar-refractivity contribution in [2.45, 2.75) is 34.1 Å². The van der Waals surface area contributed by atoms with Crippen molar-refractivity contribution in [3.05, 3.63) is 44.9 Å². The van der Waals surface area contributed by atoms with Gasteiger partial charge in [0.05, 0.1) is 0 Å². The molecule has 0 radical (unpaired) electrons. The Labute approximate surface area is 112 Å². The van der Waals surface area contributed by atoms with E-state index in [1.54, 1.807) is 0 Å². The zero-order valence-electron chi connectivity index (χ0n) is 11.7. The standard InChI is InChI=1S/C15H18N2O2/c1-5-12-10(4)16-14(17-15(12)19)11-6-8(2)13(18)9(3)7-11/h6-7,18H,5H2,1-4H3,(H,16,17,19). The predicted molar refractivity (Wildman–Crippen MR) is 75.5 cm³/mol. The Morgan fingerprint density at radius 1 is 1.21 bits per heavy atom.